The van der Waals surface area contributed by atoms with Gasteiger partial charge in [0.1, 0.15) is 0 Å². The number of carbonyl (C=O) groups excluding carboxylic acids is 2. The zero-order valence-electron chi connectivity index (χ0n) is 20.1. The molecule has 1 aliphatic rings. The molecule has 3 aromatic rings. The topological polar surface area (TPSA) is 79.6 Å². The van der Waals surface area contributed by atoms with Gasteiger partial charge in [-0.3, -0.25) is 19.0 Å². The summed E-state index contributed by atoms with van der Waals surface area (Å²) in [5, 5.41) is 9.41. The maximum absolute atomic E-state index is 13.7. The number of likely N-dealkylation sites (tertiary alicyclic amines) is 1. The fourth-order valence-corrected chi connectivity index (χ4v) is 5.57. The molecule has 0 saturated carbocycles. The average Bonchev–Trinajstić information content (AvgIpc) is 3.15. The van der Waals surface area contributed by atoms with Gasteiger partial charge in [-0.1, -0.05) is 30.1 Å². The molecule has 0 unspecified atom stereocenters. The number of halogens is 5. The summed E-state index contributed by atoms with van der Waals surface area (Å²) >= 11 is 12.9. The van der Waals surface area contributed by atoms with Crippen LogP contribution >= 0.6 is 23.2 Å². The van der Waals surface area contributed by atoms with Gasteiger partial charge in [-0.05, 0) is 61.6 Å². The molecule has 196 valence electrons. The number of carboxylic acid groups (broad SMARTS) is 1. The van der Waals surface area contributed by atoms with Crippen LogP contribution in [0, 0.1) is 25.7 Å². The fraction of sp³-hybridized carbons (Fsp3) is 0.346. The Hall–Kier alpha value is -3.04. The van der Waals surface area contributed by atoms with E-state index in [1.54, 1.807) is 13.8 Å². The summed E-state index contributed by atoms with van der Waals surface area (Å²) in [6, 6.07) is 4.73. The Balaban J connectivity index is 1.75. The number of rotatable bonds is 3. The van der Waals surface area contributed by atoms with Crippen LogP contribution in [0.2, 0.25) is 10.0 Å². The highest BCUT2D eigenvalue weighted by Gasteiger charge is 2.35. The maximum Gasteiger partial charge on any atom is 0.416 e. The lowest BCUT2D eigenvalue weighted by atomic mass is 9.87. The van der Waals surface area contributed by atoms with Crippen molar-refractivity contribution in [3.63, 3.8) is 0 Å². The maximum atomic E-state index is 13.7. The number of aryl methyl sites for hydroxylation is 2. The lowest BCUT2D eigenvalue weighted by Gasteiger charge is -2.35. The Kier molecular flexibility index (Phi) is 7.07. The minimum Gasteiger partial charge on any atom is -0.481 e. The van der Waals surface area contributed by atoms with Crippen LogP contribution in [0.15, 0.2) is 30.5 Å². The van der Waals surface area contributed by atoms with Crippen LogP contribution < -0.4 is 0 Å². The van der Waals surface area contributed by atoms with Crippen LogP contribution in [0.3, 0.4) is 0 Å². The van der Waals surface area contributed by atoms with Crippen molar-refractivity contribution in [3.05, 3.63) is 68.3 Å². The molecule has 1 aromatic heterocycles. The first-order valence-electron chi connectivity index (χ1n) is 11.5. The summed E-state index contributed by atoms with van der Waals surface area (Å²) in [7, 11) is 0. The quantitative estimate of drug-likeness (QED) is 0.403. The molecule has 1 fully saturated rings. The standard InChI is InChI=1S/C26H23Cl2F3N2O4/c1-12-8-15(26(29,30)31)9-18-14(3)11-33(22(12)18)24(35)20-19(27)5-4-17(21(20)28)23(34)32-7-6-16(25(36)37)13(2)10-32/h4-5,8-9,11,13,16H,6-7,10H2,1-3H3,(H,36,37)/t13-,16+/m0/s1. The highest BCUT2D eigenvalue weighted by Crippen LogP contribution is 2.37. The van der Waals surface area contributed by atoms with Crippen LogP contribution in [-0.2, 0) is 11.0 Å². The fourth-order valence-electron chi connectivity index (χ4n) is 4.95. The Morgan fingerprint density at radius 2 is 1.73 bits per heavy atom. The van der Waals surface area contributed by atoms with E-state index in [0.29, 0.717) is 5.56 Å². The number of alkyl halides is 3. The number of benzene rings is 2. The van der Waals surface area contributed by atoms with Crippen molar-refractivity contribution in [1.82, 2.24) is 9.47 Å². The first-order chi connectivity index (χ1) is 17.2. The third-order valence-corrected chi connectivity index (χ3v) is 7.59. The van der Waals surface area contributed by atoms with Gasteiger partial charge in [0.05, 0.1) is 38.2 Å². The summed E-state index contributed by atoms with van der Waals surface area (Å²) in [6.07, 6.45) is -2.85. The van der Waals surface area contributed by atoms with Crippen molar-refractivity contribution in [2.24, 2.45) is 11.8 Å². The van der Waals surface area contributed by atoms with E-state index in [9.17, 15) is 32.7 Å². The number of carbonyl (C=O) groups is 3. The van der Waals surface area contributed by atoms with Gasteiger partial charge in [-0.2, -0.15) is 13.2 Å². The number of hydrogen-bond acceptors (Lipinski definition) is 3. The van der Waals surface area contributed by atoms with E-state index in [1.807, 2.05) is 0 Å². The summed E-state index contributed by atoms with van der Waals surface area (Å²) in [5.74, 6) is -2.91. The van der Waals surface area contributed by atoms with Gasteiger partial charge in [0.2, 0.25) is 0 Å². The summed E-state index contributed by atoms with van der Waals surface area (Å²) < 4.78 is 41.2. The first-order valence-corrected chi connectivity index (χ1v) is 12.2. The second-order valence-corrected chi connectivity index (χ2v) is 10.2. The molecule has 1 N–H and O–H groups in total. The molecule has 0 spiro atoms. The molecule has 1 saturated heterocycles. The predicted molar refractivity (Wildman–Crippen MR) is 133 cm³/mol. The van der Waals surface area contributed by atoms with E-state index in [1.165, 1.54) is 34.7 Å². The minimum atomic E-state index is -4.55. The van der Waals surface area contributed by atoms with Gasteiger partial charge >= 0.3 is 12.1 Å². The smallest absolute Gasteiger partial charge is 0.416 e. The molecule has 2 heterocycles. The van der Waals surface area contributed by atoms with E-state index in [0.717, 1.165) is 12.1 Å². The molecule has 0 radical (unpaired) electrons. The molecule has 1 aliphatic heterocycles. The van der Waals surface area contributed by atoms with Gasteiger partial charge in [0, 0.05) is 24.7 Å². The number of amides is 1. The average molecular weight is 555 g/mol. The SMILES string of the molecule is Cc1cn(C(=O)c2c(Cl)ccc(C(=O)N3CC[C@@H](C(=O)O)[C@@H](C)C3)c2Cl)c2c(C)cc(C(F)(F)F)cc12. The van der Waals surface area contributed by atoms with Gasteiger partial charge in [-0.25, -0.2) is 0 Å². The van der Waals surface area contributed by atoms with Crippen molar-refractivity contribution in [2.45, 2.75) is 33.4 Å². The number of fused-ring (bicyclic) bond motifs is 1. The number of hydrogen-bond donors (Lipinski definition) is 1. The number of nitrogens with zero attached hydrogens (tertiary/aromatic N) is 2. The van der Waals surface area contributed by atoms with Crippen LogP contribution in [0.4, 0.5) is 13.2 Å². The van der Waals surface area contributed by atoms with Crippen molar-refractivity contribution in [1.29, 1.82) is 0 Å². The van der Waals surface area contributed by atoms with Crippen LogP contribution in [0.1, 0.15) is 50.8 Å². The molecule has 11 heteroatoms. The number of piperidine rings is 1. The minimum absolute atomic E-state index is 0.0198. The Bertz CT molecular complexity index is 1450. The van der Waals surface area contributed by atoms with E-state index < -0.39 is 35.4 Å². The van der Waals surface area contributed by atoms with Gasteiger partial charge in [-0.15, -0.1) is 0 Å². The molecular formula is C26H23Cl2F3N2O4. The van der Waals surface area contributed by atoms with Crippen LogP contribution in [-0.4, -0.2) is 45.4 Å². The van der Waals surface area contributed by atoms with Crippen molar-refractivity contribution in [2.75, 3.05) is 13.1 Å². The lowest BCUT2D eigenvalue weighted by molar-refractivity contribution is -0.145. The second-order valence-electron chi connectivity index (χ2n) is 9.42. The number of aromatic nitrogens is 1. The van der Waals surface area contributed by atoms with E-state index in [4.69, 9.17) is 23.2 Å². The highest BCUT2D eigenvalue weighted by atomic mass is 35.5. The highest BCUT2D eigenvalue weighted by molar-refractivity contribution is 6.41. The van der Waals surface area contributed by atoms with Crippen LogP contribution in [0.5, 0.6) is 0 Å². The zero-order chi connectivity index (χ0) is 27.4. The van der Waals surface area contributed by atoms with Gasteiger partial charge in [0.25, 0.3) is 11.8 Å². The third kappa shape index (κ3) is 4.82. The summed E-state index contributed by atoms with van der Waals surface area (Å²) in [5.41, 5.74) is 0.0196. The Morgan fingerprint density at radius 1 is 1.05 bits per heavy atom. The monoisotopic (exact) mass is 554 g/mol. The van der Waals surface area contributed by atoms with E-state index in [2.05, 4.69) is 0 Å². The number of carboxylic acids is 1. The molecule has 6 nitrogen and oxygen atoms in total. The molecular weight excluding hydrogens is 532 g/mol. The first kappa shape index (κ1) is 27.0. The second kappa shape index (κ2) is 9.68. The normalized spacial score (nSPS) is 18.3. The zero-order valence-corrected chi connectivity index (χ0v) is 21.6. The number of aliphatic carboxylic acids is 1. The molecule has 0 aliphatic carbocycles. The molecule has 2 atom stereocenters. The summed E-state index contributed by atoms with van der Waals surface area (Å²) in [4.78, 5) is 39.8. The molecule has 2 aromatic carbocycles. The largest absolute Gasteiger partial charge is 0.481 e. The lowest BCUT2D eigenvalue weighted by Crippen LogP contribution is -2.45. The van der Waals surface area contributed by atoms with Crippen molar-refractivity contribution >= 4 is 51.9 Å². The predicted octanol–water partition coefficient (Wildman–Crippen LogP) is 6.46. The molecule has 1 amide bonds. The van der Waals surface area contributed by atoms with Crippen LogP contribution in [0.25, 0.3) is 10.9 Å². The molecule has 0 bridgehead atoms. The Morgan fingerprint density at radius 3 is 2.32 bits per heavy atom. The molecule has 37 heavy (non-hydrogen) atoms. The summed E-state index contributed by atoms with van der Waals surface area (Å²) in [6.45, 7) is 5.25. The van der Waals surface area contributed by atoms with Gasteiger partial charge in [0.15, 0.2) is 0 Å². The molecule has 4 rings (SSSR count). The van der Waals surface area contributed by atoms with Gasteiger partial charge < -0.3 is 10.0 Å². The Labute approximate surface area is 220 Å². The van der Waals surface area contributed by atoms with Crippen molar-refractivity contribution < 1.29 is 32.7 Å². The third-order valence-electron chi connectivity index (χ3n) is 6.88. The van der Waals surface area contributed by atoms with E-state index >= 15 is 0 Å². The van der Waals surface area contributed by atoms with Crippen molar-refractivity contribution in [3.8, 4) is 0 Å². The van der Waals surface area contributed by atoms with E-state index in [-0.39, 0.29) is 63.1 Å².